The largest absolute Gasteiger partial charge is 0.496 e. The Morgan fingerprint density at radius 3 is 3.00 bits per heavy atom. The summed E-state index contributed by atoms with van der Waals surface area (Å²) < 4.78 is 18.3. The number of likely N-dealkylation sites (N-methyl/N-ethyl adjacent to an activating group) is 1. The van der Waals surface area contributed by atoms with E-state index < -0.39 is 0 Å². The lowest BCUT2D eigenvalue weighted by Gasteiger charge is -2.18. The first-order valence-corrected chi connectivity index (χ1v) is 5.49. The molecule has 2 heterocycles. The van der Waals surface area contributed by atoms with Crippen LogP contribution in [0, 0.1) is 5.82 Å². The van der Waals surface area contributed by atoms with Gasteiger partial charge in [-0.15, -0.1) is 0 Å². The zero-order chi connectivity index (χ0) is 11.4. The summed E-state index contributed by atoms with van der Waals surface area (Å²) >= 11 is 0. The van der Waals surface area contributed by atoms with E-state index in [-0.39, 0.29) is 11.9 Å². The molecule has 0 amide bonds. The van der Waals surface area contributed by atoms with E-state index in [1.165, 1.54) is 12.3 Å². The predicted octanol–water partition coefficient (Wildman–Crippen LogP) is 2.18. The molecule has 1 atom stereocenters. The molecule has 0 bridgehead atoms. The Labute approximate surface area is 94.3 Å². The van der Waals surface area contributed by atoms with Gasteiger partial charge in [-0.25, -0.2) is 4.39 Å². The number of hydrogen-bond donors (Lipinski definition) is 1. The summed E-state index contributed by atoms with van der Waals surface area (Å²) in [6, 6.07) is 3.04. The summed E-state index contributed by atoms with van der Waals surface area (Å²) in [4.78, 5) is 4.08. The third-order valence-electron chi connectivity index (χ3n) is 2.47. The van der Waals surface area contributed by atoms with Crippen LogP contribution in [-0.4, -0.2) is 18.1 Å². The normalized spacial score (nSPS) is 16.8. The van der Waals surface area contributed by atoms with Gasteiger partial charge in [0.1, 0.15) is 17.6 Å². The average molecular weight is 222 g/mol. The monoisotopic (exact) mass is 222 g/mol. The molecule has 4 heteroatoms. The van der Waals surface area contributed by atoms with Crippen molar-refractivity contribution in [2.75, 3.05) is 13.2 Å². The van der Waals surface area contributed by atoms with Crippen LogP contribution in [0.5, 0.6) is 0 Å². The highest BCUT2D eigenvalue weighted by molar-refractivity contribution is 5.20. The van der Waals surface area contributed by atoms with Gasteiger partial charge in [0, 0.05) is 6.42 Å². The highest BCUT2D eigenvalue weighted by Crippen LogP contribution is 2.24. The molecule has 0 saturated heterocycles. The number of nitrogens with zero attached hydrogens (tertiary/aromatic N) is 1. The third kappa shape index (κ3) is 2.39. The predicted molar refractivity (Wildman–Crippen MR) is 59.3 cm³/mol. The van der Waals surface area contributed by atoms with Crippen LogP contribution in [0.3, 0.4) is 0 Å². The summed E-state index contributed by atoms with van der Waals surface area (Å²) in [6.45, 7) is 3.55. The Balaban J connectivity index is 2.21. The van der Waals surface area contributed by atoms with Gasteiger partial charge >= 0.3 is 0 Å². The maximum Gasteiger partial charge on any atom is 0.141 e. The molecule has 86 valence electrons. The van der Waals surface area contributed by atoms with E-state index in [9.17, 15) is 4.39 Å². The van der Waals surface area contributed by atoms with Crippen LogP contribution in [0.2, 0.25) is 0 Å². The van der Waals surface area contributed by atoms with E-state index in [1.807, 2.05) is 6.92 Å². The first-order chi connectivity index (χ1) is 7.81. The third-order valence-corrected chi connectivity index (χ3v) is 2.47. The fourth-order valence-electron chi connectivity index (χ4n) is 1.75. The molecule has 0 saturated carbocycles. The topological polar surface area (TPSA) is 34.1 Å². The number of rotatable bonds is 4. The van der Waals surface area contributed by atoms with Gasteiger partial charge in [-0.3, -0.25) is 4.98 Å². The van der Waals surface area contributed by atoms with E-state index in [2.05, 4.69) is 16.4 Å². The second-order valence-corrected chi connectivity index (χ2v) is 3.64. The van der Waals surface area contributed by atoms with Gasteiger partial charge in [-0.1, -0.05) is 6.92 Å². The van der Waals surface area contributed by atoms with E-state index in [1.54, 1.807) is 6.07 Å². The van der Waals surface area contributed by atoms with Gasteiger partial charge in [0.15, 0.2) is 0 Å². The molecule has 2 rings (SSSR count). The maximum atomic E-state index is 12.8. The molecular weight excluding hydrogens is 207 g/mol. The number of hydrogen-bond acceptors (Lipinski definition) is 3. The smallest absolute Gasteiger partial charge is 0.141 e. The molecule has 16 heavy (non-hydrogen) atoms. The summed E-state index contributed by atoms with van der Waals surface area (Å²) in [5.41, 5.74) is 0.788. The van der Waals surface area contributed by atoms with Gasteiger partial charge in [0.05, 0.1) is 18.5 Å². The molecule has 1 aromatic rings. The molecule has 1 aliphatic heterocycles. The van der Waals surface area contributed by atoms with Crippen LogP contribution in [0.15, 0.2) is 30.2 Å². The van der Waals surface area contributed by atoms with Crippen LogP contribution in [0.1, 0.15) is 25.1 Å². The number of pyridine rings is 1. The number of halogens is 1. The summed E-state index contributed by atoms with van der Waals surface area (Å²) in [5.74, 6) is 0.571. The second kappa shape index (κ2) is 5.07. The summed E-state index contributed by atoms with van der Waals surface area (Å²) in [7, 11) is 0. The Morgan fingerprint density at radius 2 is 2.44 bits per heavy atom. The molecule has 1 unspecified atom stereocenters. The van der Waals surface area contributed by atoms with Crippen molar-refractivity contribution in [2.24, 2.45) is 0 Å². The van der Waals surface area contributed by atoms with Crippen molar-refractivity contribution in [1.82, 2.24) is 10.3 Å². The fourth-order valence-corrected chi connectivity index (χ4v) is 1.75. The Kier molecular flexibility index (Phi) is 3.51. The van der Waals surface area contributed by atoms with Crippen molar-refractivity contribution in [3.05, 3.63) is 41.7 Å². The lowest BCUT2D eigenvalue weighted by atomic mass is 10.1. The molecule has 0 fully saturated rings. The number of nitrogens with one attached hydrogen (secondary N) is 1. The lowest BCUT2D eigenvalue weighted by molar-refractivity contribution is 0.215. The minimum absolute atomic E-state index is 0.0619. The molecule has 1 aromatic heterocycles. The summed E-state index contributed by atoms with van der Waals surface area (Å²) in [5, 5.41) is 3.28. The van der Waals surface area contributed by atoms with E-state index in [0.717, 1.165) is 31.0 Å². The Hall–Kier alpha value is -1.42. The first kappa shape index (κ1) is 11.1. The van der Waals surface area contributed by atoms with Crippen LogP contribution >= 0.6 is 0 Å². The van der Waals surface area contributed by atoms with Crippen molar-refractivity contribution in [3.63, 3.8) is 0 Å². The Bertz CT molecular complexity index is 375. The van der Waals surface area contributed by atoms with Crippen LogP contribution in [-0.2, 0) is 4.74 Å². The van der Waals surface area contributed by atoms with Crippen molar-refractivity contribution in [3.8, 4) is 0 Å². The molecular formula is C12H15FN2O. The maximum absolute atomic E-state index is 12.8. The van der Waals surface area contributed by atoms with Crippen molar-refractivity contribution in [2.45, 2.75) is 19.4 Å². The second-order valence-electron chi connectivity index (χ2n) is 3.64. The van der Waals surface area contributed by atoms with Crippen molar-refractivity contribution >= 4 is 0 Å². The van der Waals surface area contributed by atoms with Gasteiger partial charge in [-0.05, 0) is 24.8 Å². The van der Waals surface area contributed by atoms with Crippen molar-refractivity contribution < 1.29 is 9.13 Å². The molecule has 0 radical (unpaired) electrons. The average Bonchev–Trinajstić information content (AvgIpc) is 2.81. The van der Waals surface area contributed by atoms with Gasteiger partial charge < -0.3 is 10.1 Å². The Morgan fingerprint density at radius 1 is 1.56 bits per heavy atom. The van der Waals surface area contributed by atoms with Gasteiger partial charge in [-0.2, -0.15) is 0 Å². The minimum Gasteiger partial charge on any atom is -0.496 e. The SMILES string of the molecule is CCNC(C1=CCCO1)c1ccc(F)cn1. The van der Waals surface area contributed by atoms with Crippen molar-refractivity contribution in [1.29, 1.82) is 0 Å². The zero-order valence-electron chi connectivity index (χ0n) is 9.24. The standard InChI is InChI=1S/C12H15FN2O/c1-2-14-12(11-4-3-7-16-11)10-6-5-9(13)8-15-10/h4-6,8,12,14H,2-3,7H2,1H3. The molecule has 1 aliphatic rings. The number of aromatic nitrogens is 1. The highest BCUT2D eigenvalue weighted by atomic mass is 19.1. The minimum atomic E-state index is -0.319. The number of ether oxygens (including phenoxy) is 1. The van der Waals surface area contributed by atoms with Crippen LogP contribution < -0.4 is 5.32 Å². The van der Waals surface area contributed by atoms with Crippen LogP contribution in [0.25, 0.3) is 0 Å². The van der Waals surface area contributed by atoms with E-state index >= 15 is 0 Å². The molecule has 0 spiro atoms. The molecule has 3 nitrogen and oxygen atoms in total. The van der Waals surface area contributed by atoms with Crippen LogP contribution in [0.4, 0.5) is 4.39 Å². The highest BCUT2D eigenvalue weighted by Gasteiger charge is 2.20. The molecule has 1 N–H and O–H groups in total. The fraction of sp³-hybridized carbons (Fsp3) is 0.417. The molecule has 0 aliphatic carbocycles. The molecule has 0 aromatic carbocycles. The van der Waals surface area contributed by atoms with E-state index in [4.69, 9.17) is 4.74 Å². The van der Waals surface area contributed by atoms with Gasteiger partial charge in [0.25, 0.3) is 0 Å². The van der Waals surface area contributed by atoms with Gasteiger partial charge in [0.2, 0.25) is 0 Å². The summed E-state index contributed by atoms with van der Waals surface area (Å²) in [6.07, 6.45) is 4.21. The first-order valence-electron chi connectivity index (χ1n) is 5.49. The quantitative estimate of drug-likeness (QED) is 0.847. The van der Waals surface area contributed by atoms with E-state index in [0.29, 0.717) is 0 Å². The lowest BCUT2D eigenvalue weighted by Crippen LogP contribution is -2.24. The zero-order valence-corrected chi connectivity index (χ0v) is 9.24.